The smallest absolute Gasteiger partial charge is 0.127 e. The second-order valence-corrected chi connectivity index (χ2v) is 7.72. The molecule has 0 aliphatic rings. The quantitative estimate of drug-likeness (QED) is 0.320. The first-order valence-corrected chi connectivity index (χ1v) is 10.3. The third-order valence-electron chi connectivity index (χ3n) is 5.53. The Morgan fingerprint density at radius 3 is 1.66 bits per heavy atom. The highest BCUT2D eigenvalue weighted by Crippen LogP contribution is 2.42. The van der Waals surface area contributed by atoms with Gasteiger partial charge in [0.2, 0.25) is 0 Å². The van der Waals surface area contributed by atoms with Crippen LogP contribution < -0.4 is 9.64 Å². The number of aromatic hydroxyl groups is 3. The molecule has 0 saturated carbocycles. The number of aryl methyl sites for hydroxylation is 1. The molecule has 5 nitrogen and oxygen atoms in total. The molecule has 0 heterocycles. The number of phenolic OH excluding ortho intramolecular Hbond substituents is 3. The van der Waals surface area contributed by atoms with Gasteiger partial charge >= 0.3 is 0 Å². The molecule has 0 saturated heterocycles. The van der Waals surface area contributed by atoms with Crippen molar-refractivity contribution in [2.75, 3.05) is 4.90 Å². The Hall–Kier alpha value is -4.12. The molecule has 0 unspecified atom stereocenters. The van der Waals surface area contributed by atoms with Crippen molar-refractivity contribution in [2.24, 2.45) is 0 Å². The lowest BCUT2D eigenvalue weighted by atomic mass is 10.1. The largest absolute Gasteiger partial charge is 0.508 e. The van der Waals surface area contributed by atoms with E-state index in [1.807, 2.05) is 62.1 Å². The lowest BCUT2D eigenvalue weighted by Gasteiger charge is -2.29. The molecule has 162 valence electrons. The summed E-state index contributed by atoms with van der Waals surface area (Å²) in [6.45, 7) is 5.54. The highest BCUT2D eigenvalue weighted by molar-refractivity contribution is 5.82. The van der Waals surface area contributed by atoms with Crippen LogP contribution in [0.15, 0.2) is 78.9 Å². The zero-order chi connectivity index (χ0) is 22.8. The molecule has 0 bridgehead atoms. The number of benzene rings is 4. The molecule has 5 heteroatoms. The van der Waals surface area contributed by atoms with Crippen LogP contribution in [0.5, 0.6) is 28.7 Å². The van der Waals surface area contributed by atoms with Crippen molar-refractivity contribution in [3.63, 3.8) is 0 Å². The van der Waals surface area contributed by atoms with Crippen molar-refractivity contribution in [1.29, 1.82) is 0 Å². The van der Waals surface area contributed by atoms with E-state index in [0.717, 1.165) is 33.8 Å². The van der Waals surface area contributed by atoms with Gasteiger partial charge in [0.1, 0.15) is 28.7 Å². The molecule has 3 N–H and O–H groups in total. The van der Waals surface area contributed by atoms with Crippen molar-refractivity contribution in [3.05, 3.63) is 95.6 Å². The summed E-state index contributed by atoms with van der Waals surface area (Å²) in [5.74, 6) is 1.92. The number of hydrogen-bond acceptors (Lipinski definition) is 5. The molecule has 0 aliphatic carbocycles. The molecule has 0 radical (unpaired) electrons. The normalized spacial score (nSPS) is 10.7. The molecule has 4 aromatic rings. The summed E-state index contributed by atoms with van der Waals surface area (Å²) in [4.78, 5) is 2.00. The average Bonchev–Trinajstić information content (AvgIpc) is 2.78. The Kier molecular flexibility index (Phi) is 5.65. The number of rotatable bonds is 5. The van der Waals surface area contributed by atoms with E-state index in [1.165, 1.54) is 0 Å². The van der Waals surface area contributed by atoms with Gasteiger partial charge in [-0.1, -0.05) is 12.1 Å². The number of phenols is 3. The van der Waals surface area contributed by atoms with Crippen LogP contribution in [0, 0.1) is 20.8 Å². The van der Waals surface area contributed by atoms with Gasteiger partial charge in [0.25, 0.3) is 0 Å². The highest BCUT2D eigenvalue weighted by Gasteiger charge is 2.19. The highest BCUT2D eigenvalue weighted by atomic mass is 16.5. The van der Waals surface area contributed by atoms with Gasteiger partial charge < -0.3 is 25.0 Å². The fraction of sp³-hybridized carbons (Fsp3) is 0.111. The Morgan fingerprint density at radius 1 is 0.594 bits per heavy atom. The van der Waals surface area contributed by atoms with Crippen molar-refractivity contribution in [2.45, 2.75) is 20.8 Å². The molecule has 0 aromatic heterocycles. The van der Waals surface area contributed by atoms with Crippen LogP contribution in [0.3, 0.4) is 0 Å². The van der Waals surface area contributed by atoms with Gasteiger partial charge in [-0.15, -0.1) is 0 Å². The van der Waals surface area contributed by atoms with E-state index >= 15 is 0 Å². The summed E-state index contributed by atoms with van der Waals surface area (Å²) < 4.78 is 5.94. The van der Waals surface area contributed by atoms with Gasteiger partial charge in [0, 0.05) is 16.8 Å². The van der Waals surface area contributed by atoms with E-state index in [1.54, 1.807) is 42.5 Å². The van der Waals surface area contributed by atoms with Crippen molar-refractivity contribution < 1.29 is 20.1 Å². The first kappa shape index (κ1) is 21.1. The van der Waals surface area contributed by atoms with Crippen molar-refractivity contribution in [1.82, 2.24) is 0 Å². The number of ether oxygens (including phenoxy) is 1. The average molecular weight is 428 g/mol. The topological polar surface area (TPSA) is 73.2 Å². The Balaban J connectivity index is 1.75. The molecular formula is C27H25NO4. The summed E-state index contributed by atoms with van der Waals surface area (Å²) in [5.41, 5.74) is 4.67. The maximum absolute atomic E-state index is 10.3. The molecule has 0 amide bonds. The summed E-state index contributed by atoms with van der Waals surface area (Å²) >= 11 is 0. The van der Waals surface area contributed by atoms with Crippen LogP contribution in [0.4, 0.5) is 17.1 Å². The molecule has 4 rings (SSSR count). The third kappa shape index (κ3) is 4.05. The van der Waals surface area contributed by atoms with Gasteiger partial charge in [-0.2, -0.15) is 0 Å². The van der Waals surface area contributed by atoms with E-state index < -0.39 is 0 Å². The fourth-order valence-electron chi connectivity index (χ4n) is 3.61. The lowest BCUT2D eigenvalue weighted by Crippen LogP contribution is -2.12. The minimum atomic E-state index is 0.202. The Morgan fingerprint density at radius 2 is 1.12 bits per heavy atom. The molecule has 0 fully saturated rings. The van der Waals surface area contributed by atoms with E-state index in [0.29, 0.717) is 11.5 Å². The van der Waals surface area contributed by atoms with Crippen molar-refractivity contribution in [3.8, 4) is 28.7 Å². The van der Waals surface area contributed by atoms with Crippen LogP contribution in [-0.2, 0) is 0 Å². The van der Waals surface area contributed by atoms with E-state index in [4.69, 9.17) is 4.74 Å². The van der Waals surface area contributed by atoms with E-state index in [9.17, 15) is 15.3 Å². The molecule has 0 aliphatic heterocycles. The van der Waals surface area contributed by atoms with E-state index in [-0.39, 0.29) is 17.2 Å². The second-order valence-electron chi connectivity index (χ2n) is 7.72. The van der Waals surface area contributed by atoms with Crippen LogP contribution in [0.25, 0.3) is 0 Å². The zero-order valence-electron chi connectivity index (χ0n) is 18.2. The summed E-state index contributed by atoms with van der Waals surface area (Å²) in [5, 5.41) is 30.3. The van der Waals surface area contributed by atoms with Gasteiger partial charge in [-0.05, 0) is 93.1 Å². The molecule has 32 heavy (non-hydrogen) atoms. The predicted molar refractivity (Wildman–Crippen MR) is 127 cm³/mol. The zero-order valence-corrected chi connectivity index (χ0v) is 18.2. The number of anilines is 3. The number of hydrogen-bond donors (Lipinski definition) is 3. The van der Waals surface area contributed by atoms with Crippen molar-refractivity contribution >= 4 is 17.1 Å². The maximum atomic E-state index is 10.3. The minimum absolute atomic E-state index is 0.202. The Bertz CT molecular complexity index is 1210. The summed E-state index contributed by atoms with van der Waals surface area (Å²) in [6, 6.07) is 23.5. The second kappa shape index (κ2) is 8.55. The third-order valence-corrected chi connectivity index (χ3v) is 5.53. The number of nitrogens with zero attached hydrogens (tertiary/aromatic N) is 1. The van der Waals surface area contributed by atoms with Crippen LogP contribution >= 0.6 is 0 Å². The maximum Gasteiger partial charge on any atom is 0.127 e. The molecule has 4 aromatic carbocycles. The molecule has 0 atom stereocenters. The Labute approximate surface area is 187 Å². The van der Waals surface area contributed by atoms with Crippen LogP contribution in [0.1, 0.15) is 16.7 Å². The predicted octanol–water partition coefficient (Wildman–Crippen LogP) is 6.99. The summed E-state index contributed by atoms with van der Waals surface area (Å²) in [7, 11) is 0. The first-order chi connectivity index (χ1) is 15.3. The van der Waals surface area contributed by atoms with Gasteiger partial charge in [0.05, 0.1) is 11.4 Å². The fourth-order valence-corrected chi connectivity index (χ4v) is 3.61. The van der Waals surface area contributed by atoms with Gasteiger partial charge in [-0.3, -0.25) is 0 Å². The monoisotopic (exact) mass is 427 g/mol. The van der Waals surface area contributed by atoms with Crippen LogP contribution in [0.2, 0.25) is 0 Å². The van der Waals surface area contributed by atoms with E-state index in [2.05, 4.69) is 0 Å². The molecular weight excluding hydrogens is 402 g/mol. The standard InChI is InChI=1S/C27H25NO4/c1-17-16-22(14-15-25(17)29)32-21-12-10-20(11-13-21)28(23-6-4-8-26(30)18(23)2)24-7-5-9-27(31)19(24)3/h4-16,29-31H,1-3H3. The first-order valence-electron chi connectivity index (χ1n) is 10.3. The van der Waals surface area contributed by atoms with Gasteiger partial charge in [0.15, 0.2) is 0 Å². The lowest BCUT2D eigenvalue weighted by molar-refractivity contribution is 0.460. The van der Waals surface area contributed by atoms with Crippen LogP contribution in [-0.4, -0.2) is 15.3 Å². The van der Waals surface area contributed by atoms with Gasteiger partial charge in [-0.25, -0.2) is 0 Å². The summed E-state index contributed by atoms with van der Waals surface area (Å²) in [6.07, 6.45) is 0. The minimum Gasteiger partial charge on any atom is -0.508 e. The molecule has 0 spiro atoms. The SMILES string of the molecule is Cc1cc(Oc2ccc(N(c3cccc(O)c3C)c3cccc(O)c3C)cc2)ccc1O.